The smallest absolute Gasteiger partial charge is 0.124 e. The number of aromatic nitrogens is 3. The van der Waals surface area contributed by atoms with Gasteiger partial charge in [-0.1, -0.05) is 32.7 Å². The van der Waals surface area contributed by atoms with Crippen LogP contribution in [0.15, 0.2) is 28.9 Å². The highest BCUT2D eigenvalue weighted by atomic mass is 79.9. The Balaban J connectivity index is 2.43. The highest BCUT2D eigenvalue weighted by Crippen LogP contribution is 2.30. The number of benzene rings is 1. The SMILES string of the molecule is CCn1nncc1C(O)c1cc(Br)ccc1Cl. The predicted octanol–water partition coefficient (Wildman–Crippen LogP) is 2.80. The fourth-order valence-corrected chi connectivity index (χ4v) is 2.21. The summed E-state index contributed by atoms with van der Waals surface area (Å²) in [6.07, 6.45) is 0.723. The average Bonchev–Trinajstić information content (AvgIpc) is 2.79. The van der Waals surface area contributed by atoms with Gasteiger partial charge in [0.1, 0.15) is 6.10 Å². The van der Waals surface area contributed by atoms with Gasteiger partial charge in [0.05, 0.1) is 11.9 Å². The third-order valence-electron chi connectivity index (χ3n) is 2.48. The van der Waals surface area contributed by atoms with Crippen LogP contribution in [0.25, 0.3) is 0 Å². The number of rotatable bonds is 3. The van der Waals surface area contributed by atoms with E-state index in [0.29, 0.717) is 22.8 Å². The predicted molar refractivity (Wildman–Crippen MR) is 68.9 cm³/mol. The van der Waals surface area contributed by atoms with E-state index in [2.05, 4.69) is 26.2 Å². The Morgan fingerprint density at radius 3 is 3.00 bits per heavy atom. The lowest BCUT2D eigenvalue weighted by Crippen LogP contribution is -2.09. The van der Waals surface area contributed by atoms with Crippen molar-refractivity contribution in [3.8, 4) is 0 Å². The first-order chi connectivity index (χ1) is 8.13. The second-order valence-corrected chi connectivity index (χ2v) is 4.87. The zero-order valence-electron chi connectivity index (χ0n) is 9.14. The molecular weight excluding hydrogens is 305 g/mol. The van der Waals surface area contributed by atoms with E-state index in [1.165, 1.54) is 0 Å². The van der Waals surface area contributed by atoms with Crippen molar-refractivity contribution in [2.24, 2.45) is 0 Å². The van der Waals surface area contributed by atoms with Gasteiger partial charge in [0.2, 0.25) is 0 Å². The molecule has 17 heavy (non-hydrogen) atoms. The van der Waals surface area contributed by atoms with Gasteiger partial charge in [0, 0.05) is 21.6 Å². The van der Waals surface area contributed by atoms with Gasteiger partial charge in [-0.05, 0) is 25.1 Å². The first-order valence-corrected chi connectivity index (χ1v) is 6.32. The minimum atomic E-state index is -0.824. The molecule has 4 nitrogen and oxygen atoms in total. The van der Waals surface area contributed by atoms with E-state index in [-0.39, 0.29) is 0 Å². The Morgan fingerprint density at radius 1 is 1.53 bits per heavy atom. The van der Waals surface area contributed by atoms with Crippen molar-refractivity contribution in [3.05, 3.63) is 45.1 Å². The number of aliphatic hydroxyl groups is 1. The van der Waals surface area contributed by atoms with Gasteiger partial charge < -0.3 is 5.11 Å². The zero-order valence-corrected chi connectivity index (χ0v) is 11.5. The molecule has 0 fully saturated rings. The fraction of sp³-hybridized carbons (Fsp3) is 0.273. The number of hydrogen-bond acceptors (Lipinski definition) is 3. The van der Waals surface area contributed by atoms with E-state index >= 15 is 0 Å². The molecule has 2 rings (SSSR count). The summed E-state index contributed by atoms with van der Waals surface area (Å²) in [7, 11) is 0. The lowest BCUT2D eigenvalue weighted by Gasteiger charge is -2.13. The Bertz CT molecular complexity index is 529. The van der Waals surface area contributed by atoms with Crippen LogP contribution in [0.1, 0.15) is 24.3 Å². The number of halogens is 2. The van der Waals surface area contributed by atoms with E-state index in [0.717, 1.165) is 4.47 Å². The van der Waals surface area contributed by atoms with E-state index in [9.17, 15) is 5.11 Å². The lowest BCUT2D eigenvalue weighted by molar-refractivity contribution is 0.208. The van der Waals surface area contributed by atoms with Gasteiger partial charge in [-0.2, -0.15) is 0 Å². The molecule has 0 aliphatic rings. The molecule has 0 aliphatic heterocycles. The van der Waals surface area contributed by atoms with Crippen molar-refractivity contribution in [1.29, 1.82) is 0 Å². The van der Waals surface area contributed by atoms with Crippen LogP contribution in [0.3, 0.4) is 0 Å². The Labute approximate surface area is 112 Å². The number of hydrogen-bond donors (Lipinski definition) is 1. The summed E-state index contributed by atoms with van der Waals surface area (Å²) in [6, 6.07) is 5.36. The van der Waals surface area contributed by atoms with E-state index in [4.69, 9.17) is 11.6 Å². The molecule has 0 spiro atoms. The Morgan fingerprint density at radius 2 is 2.29 bits per heavy atom. The van der Waals surface area contributed by atoms with Crippen LogP contribution in [0.5, 0.6) is 0 Å². The van der Waals surface area contributed by atoms with Gasteiger partial charge in [0.25, 0.3) is 0 Å². The quantitative estimate of drug-likeness (QED) is 0.947. The summed E-state index contributed by atoms with van der Waals surface area (Å²) in [6.45, 7) is 2.59. The normalized spacial score (nSPS) is 12.7. The van der Waals surface area contributed by atoms with Crippen LogP contribution < -0.4 is 0 Å². The summed E-state index contributed by atoms with van der Waals surface area (Å²) in [5, 5.41) is 18.5. The van der Waals surface area contributed by atoms with Crippen LogP contribution in [0, 0.1) is 0 Å². The summed E-state index contributed by atoms with van der Waals surface area (Å²) < 4.78 is 2.51. The molecule has 90 valence electrons. The third kappa shape index (κ3) is 2.51. The van der Waals surface area contributed by atoms with Crippen molar-refractivity contribution >= 4 is 27.5 Å². The Hall–Kier alpha value is -0.910. The third-order valence-corrected chi connectivity index (χ3v) is 3.32. The largest absolute Gasteiger partial charge is 0.382 e. The number of nitrogens with zero attached hydrogens (tertiary/aromatic N) is 3. The molecule has 0 aliphatic carbocycles. The minimum Gasteiger partial charge on any atom is -0.382 e. The Kier molecular flexibility index (Phi) is 3.81. The van der Waals surface area contributed by atoms with Crippen molar-refractivity contribution in [2.45, 2.75) is 19.6 Å². The molecule has 1 N–H and O–H groups in total. The molecule has 1 aromatic heterocycles. The van der Waals surface area contributed by atoms with Crippen molar-refractivity contribution in [2.75, 3.05) is 0 Å². The topological polar surface area (TPSA) is 50.9 Å². The summed E-state index contributed by atoms with van der Waals surface area (Å²) in [5.41, 5.74) is 1.27. The molecule has 2 aromatic rings. The van der Waals surface area contributed by atoms with Gasteiger partial charge in [-0.25, -0.2) is 4.68 Å². The monoisotopic (exact) mass is 315 g/mol. The van der Waals surface area contributed by atoms with Crippen molar-refractivity contribution < 1.29 is 5.11 Å². The molecule has 0 amide bonds. The zero-order chi connectivity index (χ0) is 12.4. The molecule has 1 aromatic carbocycles. The average molecular weight is 317 g/mol. The van der Waals surface area contributed by atoms with Crippen molar-refractivity contribution in [3.63, 3.8) is 0 Å². The van der Waals surface area contributed by atoms with Gasteiger partial charge >= 0.3 is 0 Å². The molecular formula is C11H11BrClN3O. The fourth-order valence-electron chi connectivity index (χ4n) is 1.61. The molecule has 1 atom stereocenters. The van der Waals surface area contributed by atoms with E-state index < -0.39 is 6.10 Å². The maximum atomic E-state index is 10.3. The van der Waals surface area contributed by atoms with Crippen LogP contribution in [-0.4, -0.2) is 20.1 Å². The molecule has 0 radical (unpaired) electrons. The number of aliphatic hydroxyl groups excluding tert-OH is 1. The van der Waals surface area contributed by atoms with Gasteiger partial charge in [0.15, 0.2) is 0 Å². The van der Waals surface area contributed by atoms with Crippen LogP contribution in [-0.2, 0) is 6.54 Å². The maximum absolute atomic E-state index is 10.3. The maximum Gasteiger partial charge on any atom is 0.124 e. The van der Waals surface area contributed by atoms with Crippen molar-refractivity contribution in [1.82, 2.24) is 15.0 Å². The summed E-state index contributed by atoms with van der Waals surface area (Å²) >= 11 is 9.43. The van der Waals surface area contributed by atoms with Crippen LogP contribution in [0.4, 0.5) is 0 Å². The second kappa shape index (κ2) is 5.16. The second-order valence-electron chi connectivity index (χ2n) is 3.54. The first kappa shape index (κ1) is 12.5. The lowest BCUT2D eigenvalue weighted by atomic mass is 10.1. The molecule has 6 heteroatoms. The molecule has 0 bridgehead atoms. The van der Waals surface area contributed by atoms with E-state index in [1.54, 1.807) is 23.0 Å². The summed E-state index contributed by atoms with van der Waals surface area (Å²) in [4.78, 5) is 0. The number of aryl methyl sites for hydroxylation is 1. The highest BCUT2D eigenvalue weighted by Gasteiger charge is 2.18. The molecule has 1 unspecified atom stereocenters. The van der Waals surface area contributed by atoms with Crippen LogP contribution in [0.2, 0.25) is 5.02 Å². The van der Waals surface area contributed by atoms with Crippen LogP contribution >= 0.6 is 27.5 Å². The highest BCUT2D eigenvalue weighted by molar-refractivity contribution is 9.10. The molecule has 1 heterocycles. The molecule has 0 saturated carbocycles. The minimum absolute atomic E-state index is 0.518. The van der Waals surface area contributed by atoms with Gasteiger partial charge in [-0.3, -0.25) is 0 Å². The van der Waals surface area contributed by atoms with Gasteiger partial charge in [-0.15, -0.1) is 5.10 Å². The first-order valence-electron chi connectivity index (χ1n) is 5.15. The summed E-state index contributed by atoms with van der Waals surface area (Å²) in [5.74, 6) is 0. The molecule has 0 saturated heterocycles. The van der Waals surface area contributed by atoms with E-state index in [1.807, 2.05) is 13.0 Å². The standard InChI is InChI=1S/C11H11BrClN3O/c1-2-16-10(6-14-15-16)11(17)8-5-7(12)3-4-9(8)13/h3-6,11,17H,2H2,1H3.